The number of anilines is 2. The molecular weight excluding hydrogens is 336 g/mol. The van der Waals surface area contributed by atoms with Crippen LogP contribution in [0.1, 0.15) is 37.4 Å². The van der Waals surface area contributed by atoms with E-state index in [1.807, 2.05) is 75.4 Å². The van der Waals surface area contributed by atoms with Crippen molar-refractivity contribution >= 4 is 23.2 Å². The molecule has 3 aromatic carbocycles. The quantitative estimate of drug-likeness (QED) is 0.680. The zero-order chi connectivity index (χ0) is 19.4. The normalized spacial score (nSPS) is 10.3. The molecule has 3 rings (SSSR count). The maximum Gasteiger partial charge on any atom is 0.255 e. The van der Waals surface area contributed by atoms with Gasteiger partial charge in [0.2, 0.25) is 0 Å². The summed E-state index contributed by atoms with van der Waals surface area (Å²) in [5.74, 6) is -0.336. The molecule has 0 radical (unpaired) electrons. The Balaban J connectivity index is 1.82. The number of rotatable bonds is 4. The van der Waals surface area contributed by atoms with Crippen LogP contribution in [0.25, 0.3) is 0 Å². The van der Waals surface area contributed by atoms with Crippen molar-refractivity contribution in [3.63, 3.8) is 0 Å². The molecule has 0 unspecified atom stereocenters. The minimum atomic E-state index is -0.168. The van der Waals surface area contributed by atoms with Crippen LogP contribution in [-0.2, 0) is 0 Å². The largest absolute Gasteiger partial charge is 0.322 e. The van der Waals surface area contributed by atoms with Crippen LogP contribution in [0.4, 0.5) is 11.4 Å². The standard InChI is InChI=1S/C23H22N2O2/c1-15-9-4-6-11-18(15)22(26)24-20-13-8-14-21(17(20)3)25-23(27)19-12-7-5-10-16(19)2/h4-14H,1-3H3,(H,24,26)(H,25,27). The molecule has 3 aromatic rings. The monoisotopic (exact) mass is 358 g/mol. The summed E-state index contributed by atoms with van der Waals surface area (Å²) in [6, 6.07) is 20.4. The molecule has 0 heterocycles. The van der Waals surface area contributed by atoms with Crippen molar-refractivity contribution in [3.05, 3.63) is 94.5 Å². The van der Waals surface area contributed by atoms with Gasteiger partial charge in [0.25, 0.3) is 11.8 Å². The molecule has 0 bridgehead atoms. The number of nitrogens with one attached hydrogen (secondary N) is 2. The first-order valence-corrected chi connectivity index (χ1v) is 8.81. The second kappa shape index (κ2) is 7.87. The molecule has 0 aliphatic carbocycles. The first-order chi connectivity index (χ1) is 13.0. The van der Waals surface area contributed by atoms with Gasteiger partial charge in [-0.1, -0.05) is 42.5 Å². The summed E-state index contributed by atoms with van der Waals surface area (Å²) in [6.07, 6.45) is 0. The Morgan fingerprint density at radius 2 is 1.00 bits per heavy atom. The summed E-state index contributed by atoms with van der Waals surface area (Å²) in [4.78, 5) is 25.2. The van der Waals surface area contributed by atoms with E-state index in [0.29, 0.717) is 22.5 Å². The molecule has 0 saturated carbocycles. The van der Waals surface area contributed by atoms with E-state index in [0.717, 1.165) is 16.7 Å². The average molecular weight is 358 g/mol. The van der Waals surface area contributed by atoms with Gasteiger partial charge in [0, 0.05) is 22.5 Å². The molecule has 0 aliphatic rings. The predicted molar refractivity (Wildman–Crippen MR) is 109 cm³/mol. The molecule has 0 spiro atoms. The Morgan fingerprint density at radius 3 is 1.41 bits per heavy atom. The van der Waals surface area contributed by atoms with Gasteiger partial charge in [0.05, 0.1) is 0 Å². The maximum absolute atomic E-state index is 12.6. The Labute approximate surface area is 159 Å². The molecule has 0 saturated heterocycles. The van der Waals surface area contributed by atoms with E-state index in [9.17, 15) is 9.59 Å². The van der Waals surface area contributed by atoms with Crippen molar-refractivity contribution in [3.8, 4) is 0 Å². The first-order valence-electron chi connectivity index (χ1n) is 8.81. The molecule has 0 atom stereocenters. The van der Waals surface area contributed by atoms with Crippen molar-refractivity contribution < 1.29 is 9.59 Å². The lowest BCUT2D eigenvalue weighted by molar-refractivity contribution is 0.101. The molecule has 4 heteroatoms. The smallest absolute Gasteiger partial charge is 0.255 e. The summed E-state index contributed by atoms with van der Waals surface area (Å²) in [5.41, 5.74) is 5.24. The Kier molecular flexibility index (Phi) is 5.36. The van der Waals surface area contributed by atoms with Gasteiger partial charge in [-0.05, 0) is 61.7 Å². The van der Waals surface area contributed by atoms with E-state index in [1.54, 1.807) is 12.1 Å². The molecule has 136 valence electrons. The van der Waals surface area contributed by atoms with E-state index in [1.165, 1.54) is 0 Å². The van der Waals surface area contributed by atoms with Crippen molar-refractivity contribution in [2.24, 2.45) is 0 Å². The molecule has 0 aromatic heterocycles. The predicted octanol–water partition coefficient (Wildman–Crippen LogP) is 5.12. The van der Waals surface area contributed by atoms with Gasteiger partial charge >= 0.3 is 0 Å². The number of hydrogen-bond donors (Lipinski definition) is 2. The summed E-state index contributed by atoms with van der Waals surface area (Å²) in [5, 5.41) is 5.88. The number of aryl methyl sites for hydroxylation is 2. The van der Waals surface area contributed by atoms with E-state index in [-0.39, 0.29) is 11.8 Å². The topological polar surface area (TPSA) is 58.2 Å². The summed E-state index contributed by atoms with van der Waals surface area (Å²) >= 11 is 0. The fourth-order valence-corrected chi connectivity index (χ4v) is 2.94. The molecule has 0 fully saturated rings. The minimum Gasteiger partial charge on any atom is -0.322 e. The molecule has 2 amide bonds. The van der Waals surface area contributed by atoms with Crippen molar-refractivity contribution in [2.75, 3.05) is 10.6 Å². The van der Waals surface area contributed by atoms with Gasteiger partial charge in [0.1, 0.15) is 0 Å². The highest BCUT2D eigenvalue weighted by atomic mass is 16.2. The van der Waals surface area contributed by atoms with Crippen molar-refractivity contribution in [1.29, 1.82) is 0 Å². The second-order valence-electron chi connectivity index (χ2n) is 6.52. The fourth-order valence-electron chi connectivity index (χ4n) is 2.94. The third kappa shape index (κ3) is 4.06. The molecule has 4 nitrogen and oxygen atoms in total. The first kappa shape index (κ1) is 18.4. The van der Waals surface area contributed by atoms with Gasteiger partial charge in [-0.15, -0.1) is 0 Å². The second-order valence-corrected chi connectivity index (χ2v) is 6.52. The lowest BCUT2D eigenvalue weighted by atomic mass is 10.1. The number of carbonyl (C=O) groups excluding carboxylic acids is 2. The zero-order valence-electron chi connectivity index (χ0n) is 15.7. The summed E-state index contributed by atoms with van der Waals surface area (Å²) in [7, 11) is 0. The van der Waals surface area contributed by atoms with E-state index >= 15 is 0 Å². The van der Waals surface area contributed by atoms with Crippen LogP contribution >= 0.6 is 0 Å². The lowest BCUT2D eigenvalue weighted by Gasteiger charge is -2.15. The van der Waals surface area contributed by atoms with Gasteiger partial charge in [0.15, 0.2) is 0 Å². The summed E-state index contributed by atoms with van der Waals surface area (Å²) in [6.45, 7) is 5.68. The van der Waals surface area contributed by atoms with Crippen LogP contribution in [0.15, 0.2) is 66.7 Å². The third-order valence-corrected chi connectivity index (χ3v) is 4.61. The SMILES string of the molecule is Cc1ccccc1C(=O)Nc1cccc(NC(=O)c2ccccc2C)c1C. The molecule has 27 heavy (non-hydrogen) atoms. The van der Waals surface area contributed by atoms with E-state index < -0.39 is 0 Å². The Hall–Kier alpha value is -3.40. The van der Waals surface area contributed by atoms with Crippen LogP contribution in [0.2, 0.25) is 0 Å². The highest BCUT2D eigenvalue weighted by molar-refractivity contribution is 6.08. The minimum absolute atomic E-state index is 0.168. The number of benzene rings is 3. The highest BCUT2D eigenvalue weighted by Crippen LogP contribution is 2.25. The number of hydrogen-bond acceptors (Lipinski definition) is 2. The lowest BCUT2D eigenvalue weighted by Crippen LogP contribution is -2.17. The van der Waals surface area contributed by atoms with E-state index in [2.05, 4.69) is 10.6 Å². The highest BCUT2D eigenvalue weighted by Gasteiger charge is 2.14. The summed E-state index contributed by atoms with van der Waals surface area (Å²) < 4.78 is 0. The van der Waals surface area contributed by atoms with Gasteiger partial charge in [-0.2, -0.15) is 0 Å². The fraction of sp³-hybridized carbons (Fsp3) is 0.130. The van der Waals surface area contributed by atoms with Gasteiger partial charge < -0.3 is 10.6 Å². The Morgan fingerprint density at radius 1 is 0.593 bits per heavy atom. The number of amides is 2. The Bertz CT molecular complexity index is 931. The maximum atomic E-state index is 12.6. The van der Waals surface area contributed by atoms with Crippen molar-refractivity contribution in [2.45, 2.75) is 20.8 Å². The third-order valence-electron chi connectivity index (χ3n) is 4.61. The number of carbonyl (C=O) groups is 2. The van der Waals surface area contributed by atoms with E-state index in [4.69, 9.17) is 0 Å². The molecule has 2 N–H and O–H groups in total. The molecule has 0 aliphatic heterocycles. The van der Waals surface area contributed by atoms with Crippen LogP contribution in [-0.4, -0.2) is 11.8 Å². The average Bonchev–Trinajstić information content (AvgIpc) is 2.65. The molecular formula is C23H22N2O2. The van der Waals surface area contributed by atoms with Crippen LogP contribution in [0.3, 0.4) is 0 Å². The van der Waals surface area contributed by atoms with Crippen LogP contribution in [0.5, 0.6) is 0 Å². The van der Waals surface area contributed by atoms with Gasteiger partial charge in [-0.25, -0.2) is 0 Å². The van der Waals surface area contributed by atoms with Crippen LogP contribution in [0, 0.1) is 20.8 Å². The van der Waals surface area contributed by atoms with Crippen LogP contribution < -0.4 is 10.6 Å². The van der Waals surface area contributed by atoms with Crippen molar-refractivity contribution in [1.82, 2.24) is 0 Å². The zero-order valence-corrected chi connectivity index (χ0v) is 15.7. The van der Waals surface area contributed by atoms with Gasteiger partial charge in [-0.3, -0.25) is 9.59 Å².